The molecule has 4 aromatic rings. The van der Waals surface area contributed by atoms with Crippen LogP contribution in [0.15, 0.2) is 54.6 Å². The van der Waals surface area contributed by atoms with Crippen LogP contribution in [0.5, 0.6) is 5.75 Å². The molecule has 34 heavy (non-hydrogen) atoms. The van der Waals surface area contributed by atoms with Gasteiger partial charge in [0.2, 0.25) is 0 Å². The first-order valence-electron chi connectivity index (χ1n) is 10.8. The van der Waals surface area contributed by atoms with E-state index in [1.807, 2.05) is 57.2 Å². The molecular weight excluding hydrogens is 454 g/mol. The van der Waals surface area contributed by atoms with E-state index in [4.69, 9.17) is 31.2 Å². The highest BCUT2D eigenvalue weighted by atomic mass is 35.5. The van der Waals surface area contributed by atoms with Crippen molar-refractivity contribution in [1.82, 2.24) is 14.6 Å². The molecule has 0 radical (unpaired) electrons. The molecule has 4 rings (SSSR count). The third-order valence-corrected chi connectivity index (χ3v) is 5.60. The predicted octanol–water partition coefficient (Wildman–Crippen LogP) is 5.97. The van der Waals surface area contributed by atoms with E-state index in [1.54, 1.807) is 36.7 Å². The first-order chi connectivity index (χ1) is 16.1. The maximum Gasteiger partial charge on any atom is 0.337 e. The Morgan fingerprint density at radius 1 is 1.12 bits per heavy atom. The lowest BCUT2D eigenvalue weighted by atomic mass is 9.98. The lowest BCUT2D eigenvalue weighted by Gasteiger charge is -2.27. The number of nitrogens with zero attached hydrogens (tertiary/aromatic N) is 3. The van der Waals surface area contributed by atoms with Gasteiger partial charge >= 0.3 is 5.97 Å². The van der Waals surface area contributed by atoms with Crippen molar-refractivity contribution in [3.63, 3.8) is 0 Å². The maximum absolute atomic E-state index is 12.4. The van der Waals surface area contributed by atoms with Crippen molar-refractivity contribution in [2.75, 3.05) is 7.11 Å². The molecular formula is C26H26ClN3O4. The molecule has 0 fully saturated rings. The largest absolute Gasteiger partial charge is 0.497 e. The Morgan fingerprint density at radius 2 is 1.82 bits per heavy atom. The summed E-state index contributed by atoms with van der Waals surface area (Å²) in [5.74, 6) is -0.538. The van der Waals surface area contributed by atoms with E-state index in [0.717, 1.165) is 5.56 Å². The molecule has 0 aliphatic rings. The molecule has 8 heteroatoms. The monoisotopic (exact) mass is 479 g/mol. The van der Waals surface area contributed by atoms with Crippen molar-refractivity contribution in [3.05, 3.63) is 70.9 Å². The molecule has 2 aromatic heterocycles. The molecule has 0 saturated heterocycles. The lowest BCUT2D eigenvalue weighted by Crippen LogP contribution is -2.29. The molecule has 2 aromatic carbocycles. The minimum Gasteiger partial charge on any atom is -0.497 e. The van der Waals surface area contributed by atoms with Gasteiger partial charge in [-0.3, -0.25) is 0 Å². The zero-order chi connectivity index (χ0) is 24.6. The van der Waals surface area contributed by atoms with E-state index in [9.17, 15) is 9.90 Å². The van der Waals surface area contributed by atoms with E-state index in [0.29, 0.717) is 44.6 Å². The molecule has 0 spiro atoms. The highest BCUT2D eigenvalue weighted by Gasteiger charge is 2.33. The van der Waals surface area contributed by atoms with E-state index < -0.39 is 17.7 Å². The van der Waals surface area contributed by atoms with Gasteiger partial charge in [-0.1, -0.05) is 41.9 Å². The van der Waals surface area contributed by atoms with Crippen LogP contribution in [0.1, 0.15) is 38.1 Å². The topological polar surface area (TPSA) is 86.0 Å². The van der Waals surface area contributed by atoms with Crippen LogP contribution < -0.4 is 4.74 Å². The summed E-state index contributed by atoms with van der Waals surface area (Å²) in [7, 11) is 1.56. The Bertz CT molecular complexity index is 1360. The Kier molecular flexibility index (Phi) is 6.34. The molecule has 1 unspecified atom stereocenters. The average Bonchev–Trinajstić information content (AvgIpc) is 3.20. The zero-order valence-corrected chi connectivity index (χ0v) is 20.4. The fourth-order valence-corrected chi connectivity index (χ4v) is 4.12. The Hall–Kier alpha value is -3.42. The van der Waals surface area contributed by atoms with Gasteiger partial charge < -0.3 is 14.6 Å². The quantitative estimate of drug-likeness (QED) is 0.366. The first-order valence-corrected chi connectivity index (χ1v) is 11.2. The fourth-order valence-electron chi connectivity index (χ4n) is 3.86. The summed E-state index contributed by atoms with van der Waals surface area (Å²) >= 11 is 6.68. The van der Waals surface area contributed by atoms with Gasteiger partial charge in [0.05, 0.1) is 29.1 Å². The van der Waals surface area contributed by atoms with Gasteiger partial charge in [-0.25, -0.2) is 14.3 Å². The highest BCUT2D eigenvalue weighted by Crippen LogP contribution is 2.39. The number of benzene rings is 2. The minimum atomic E-state index is -1.28. The molecule has 2 heterocycles. The minimum absolute atomic E-state index is 0.393. The van der Waals surface area contributed by atoms with Crippen molar-refractivity contribution < 1.29 is 19.4 Å². The standard InChI is InChI=1S/C26H26ClN3O4/c1-15-22(24(25(31)32)34-26(2,3)4)23(18-12-11-17(33-5)13-19(18)27)30-21(28-15)14-20(29-30)16-9-7-6-8-10-16/h6-14,24H,1-5H3,(H,31,32). The maximum atomic E-state index is 12.4. The van der Waals surface area contributed by atoms with Crippen molar-refractivity contribution in [2.45, 2.75) is 39.4 Å². The first kappa shape index (κ1) is 23.7. The molecule has 0 amide bonds. The molecule has 0 saturated carbocycles. The number of hydrogen-bond donors (Lipinski definition) is 1. The second-order valence-electron chi connectivity index (χ2n) is 8.92. The van der Waals surface area contributed by atoms with Gasteiger partial charge in [0.15, 0.2) is 11.8 Å². The average molecular weight is 480 g/mol. The Labute approximate surface area is 202 Å². The number of aliphatic carboxylic acids is 1. The van der Waals surface area contributed by atoms with Crippen molar-refractivity contribution >= 4 is 23.2 Å². The summed E-state index contributed by atoms with van der Waals surface area (Å²) in [6.45, 7) is 7.20. The second-order valence-corrected chi connectivity index (χ2v) is 9.33. The third-order valence-electron chi connectivity index (χ3n) is 5.29. The van der Waals surface area contributed by atoms with Crippen LogP contribution in [0.4, 0.5) is 0 Å². The summed E-state index contributed by atoms with van der Waals surface area (Å²) in [4.78, 5) is 17.1. The summed E-state index contributed by atoms with van der Waals surface area (Å²) in [5, 5.41) is 15.3. The molecule has 1 atom stereocenters. The highest BCUT2D eigenvalue weighted by molar-refractivity contribution is 6.33. The number of aryl methyl sites for hydroxylation is 1. The van der Waals surface area contributed by atoms with Crippen molar-refractivity contribution in [1.29, 1.82) is 0 Å². The molecule has 1 N–H and O–H groups in total. The predicted molar refractivity (Wildman–Crippen MR) is 131 cm³/mol. The number of carbonyl (C=O) groups is 1. The number of carboxylic acid groups (broad SMARTS) is 1. The van der Waals surface area contributed by atoms with Gasteiger partial charge in [-0.2, -0.15) is 5.10 Å². The molecule has 0 aliphatic carbocycles. The van der Waals surface area contributed by atoms with E-state index in [1.165, 1.54) is 0 Å². The summed E-state index contributed by atoms with van der Waals surface area (Å²) in [6.07, 6.45) is -1.28. The summed E-state index contributed by atoms with van der Waals surface area (Å²) in [6, 6.07) is 16.8. The molecule has 176 valence electrons. The number of ether oxygens (including phenoxy) is 2. The second kappa shape index (κ2) is 9.08. The Morgan fingerprint density at radius 3 is 2.41 bits per heavy atom. The van der Waals surface area contributed by atoms with Gasteiger partial charge in [0, 0.05) is 28.5 Å². The lowest BCUT2D eigenvalue weighted by molar-refractivity contribution is -0.160. The van der Waals surface area contributed by atoms with Crippen molar-refractivity contribution in [2.24, 2.45) is 0 Å². The van der Waals surface area contributed by atoms with E-state index in [-0.39, 0.29) is 0 Å². The smallest absolute Gasteiger partial charge is 0.337 e. The van der Waals surface area contributed by atoms with Crippen LogP contribution in [-0.4, -0.2) is 38.4 Å². The Balaban J connectivity index is 2.07. The van der Waals surface area contributed by atoms with Gasteiger partial charge in [-0.15, -0.1) is 0 Å². The van der Waals surface area contributed by atoms with Crippen LogP contribution in [0.3, 0.4) is 0 Å². The van der Waals surface area contributed by atoms with E-state index in [2.05, 4.69) is 0 Å². The SMILES string of the molecule is COc1ccc(-c2c(C(OC(C)(C)C)C(=O)O)c(C)nc3cc(-c4ccccc4)nn23)c(Cl)c1. The molecule has 0 aliphatic heterocycles. The summed E-state index contributed by atoms with van der Waals surface area (Å²) < 4.78 is 12.9. The van der Waals surface area contributed by atoms with Gasteiger partial charge in [0.1, 0.15) is 5.75 Å². The number of halogens is 1. The van der Waals surface area contributed by atoms with Gasteiger partial charge in [0.25, 0.3) is 0 Å². The number of methoxy groups -OCH3 is 1. The number of carboxylic acids is 1. The number of aromatic nitrogens is 3. The van der Waals surface area contributed by atoms with Crippen LogP contribution in [0, 0.1) is 6.92 Å². The number of rotatable bonds is 6. The van der Waals surface area contributed by atoms with Crippen LogP contribution in [0.25, 0.3) is 28.2 Å². The molecule has 7 nitrogen and oxygen atoms in total. The number of hydrogen-bond acceptors (Lipinski definition) is 5. The molecule has 0 bridgehead atoms. The zero-order valence-electron chi connectivity index (χ0n) is 19.7. The van der Waals surface area contributed by atoms with Crippen LogP contribution in [-0.2, 0) is 9.53 Å². The van der Waals surface area contributed by atoms with Crippen LogP contribution >= 0.6 is 11.6 Å². The van der Waals surface area contributed by atoms with Gasteiger partial charge in [-0.05, 0) is 45.9 Å². The van der Waals surface area contributed by atoms with E-state index >= 15 is 0 Å². The normalized spacial score (nSPS) is 12.6. The van der Waals surface area contributed by atoms with Crippen LogP contribution in [0.2, 0.25) is 5.02 Å². The fraction of sp³-hybridized carbons (Fsp3) is 0.269. The third kappa shape index (κ3) is 4.62. The van der Waals surface area contributed by atoms with Crippen molar-refractivity contribution in [3.8, 4) is 28.3 Å². The summed E-state index contributed by atoms with van der Waals surface area (Å²) in [5.41, 5.74) is 3.49. The number of fused-ring (bicyclic) bond motifs is 1.